The second kappa shape index (κ2) is 5.91. The summed E-state index contributed by atoms with van der Waals surface area (Å²) in [5.74, 6) is -3.72. The highest BCUT2D eigenvalue weighted by Gasteiger charge is 2.24. The zero-order chi connectivity index (χ0) is 15.6. The molecule has 0 aliphatic rings. The first-order valence-corrected chi connectivity index (χ1v) is 7.79. The van der Waals surface area contributed by atoms with Crippen molar-refractivity contribution < 1.29 is 22.0 Å². The lowest BCUT2D eigenvalue weighted by Gasteiger charge is -2.05. The molecule has 7 heteroatoms. The highest BCUT2D eigenvalue weighted by molar-refractivity contribution is 7.92. The number of hydrogen-bond acceptors (Lipinski definition) is 3. The molecule has 2 rings (SSSR count). The van der Waals surface area contributed by atoms with Crippen LogP contribution in [0.2, 0.25) is 5.02 Å². The third-order valence-corrected chi connectivity index (χ3v) is 4.61. The number of sulfone groups is 1. The van der Waals surface area contributed by atoms with Crippen molar-refractivity contribution in [3.05, 3.63) is 64.7 Å². The van der Waals surface area contributed by atoms with Crippen molar-refractivity contribution in [2.75, 3.05) is 5.75 Å². The lowest BCUT2D eigenvalue weighted by molar-refractivity contribution is 0.102. The third kappa shape index (κ3) is 3.65. The Morgan fingerprint density at radius 1 is 1.05 bits per heavy atom. The lowest BCUT2D eigenvalue weighted by Crippen LogP contribution is -2.17. The summed E-state index contributed by atoms with van der Waals surface area (Å²) >= 11 is 5.67. The van der Waals surface area contributed by atoms with Gasteiger partial charge in [-0.15, -0.1) is 0 Å². The molecule has 0 spiro atoms. The van der Waals surface area contributed by atoms with Gasteiger partial charge in [0.05, 0.1) is 0 Å². The van der Waals surface area contributed by atoms with Crippen LogP contribution in [-0.4, -0.2) is 20.0 Å². The van der Waals surface area contributed by atoms with E-state index in [-0.39, 0.29) is 5.56 Å². The van der Waals surface area contributed by atoms with Crippen molar-refractivity contribution in [3.63, 3.8) is 0 Å². The van der Waals surface area contributed by atoms with Crippen LogP contribution in [0, 0.1) is 11.6 Å². The molecule has 0 radical (unpaired) electrons. The average Bonchev–Trinajstić information content (AvgIpc) is 2.38. The van der Waals surface area contributed by atoms with Gasteiger partial charge in [-0.1, -0.05) is 11.6 Å². The van der Waals surface area contributed by atoms with Gasteiger partial charge < -0.3 is 0 Å². The molecule has 0 N–H and O–H groups in total. The topological polar surface area (TPSA) is 51.2 Å². The van der Waals surface area contributed by atoms with E-state index < -0.39 is 37.9 Å². The number of Topliss-reactive ketones (excluding diaryl/α,β-unsaturated/α-hetero) is 1. The van der Waals surface area contributed by atoms with Crippen molar-refractivity contribution in [1.82, 2.24) is 0 Å². The molecule has 21 heavy (non-hydrogen) atoms. The van der Waals surface area contributed by atoms with Crippen molar-refractivity contribution in [2.45, 2.75) is 4.90 Å². The minimum atomic E-state index is -4.19. The van der Waals surface area contributed by atoms with Crippen molar-refractivity contribution >= 4 is 27.2 Å². The molecule has 0 aliphatic heterocycles. The summed E-state index contributed by atoms with van der Waals surface area (Å²) in [5, 5.41) is 0.402. The first-order valence-electron chi connectivity index (χ1n) is 5.76. The second-order valence-corrected chi connectivity index (χ2v) is 6.66. The number of halogens is 3. The van der Waals surface area contributed by atoms with Gasteiger partial charge in [-0.25, -0.2) is 17.2 Å². The first-order chi connectivity index (χ1) is 9.79. The molecule has 0 saturated carbocycles. The monoisotopic (exact) mass is 330 g/mol. The van der Waals surface area contributed by atoms with Crippen LogP contribution in [0.5, 0.6) is 0 Å². The fourth-order valence-electron chi connectivity index (χ4n) is 1.70. The molecule has 0 fully saturated rings. The smallest absolute Gasteiger partial charge is 0.188 e. The van der Waals surface area contributed by atoms with E-state index >= 15 is 0 Å². The van der Waals surface area contributed by atoms with E-state index in [2.05, 4.69) is 0 Å². The molecule has 0 atom stereocenters. The highest BCUT2D eigenvalue weighted by atomic mass is 35.5. The van der Waals surface area contributed by atoms with Gasteiger partial charge in [0.1, 0.15) is 22.3 Å². The molecule has 0 bridgehead atoms. The quantitative estimate of drug-likeness (QED) is 0.638. The van der Waals surface area contributed by atoms with E-state index in [9.17, 15) is 22.0 Å². The zero-order valence-electron chi connectivity index (χ0n) is 10.5. The predicted molar refractivity (Wildman–Crippen MR) is 74.2 cm³/mol. The predicted octanol–water partition coefficient (Wildman–Crippen LogP) is 3.27. The Balaban J connectivity index is 2.29. The summed E-state index contributed by atoms with van der Waals surface area (Å²) in [7, 11) is -4.19. The Kier molecular flexibility index (Phi) is 4.39. The molecule has 0 saturated heterocycles. The standard InChI is InChI=1S/C14H9ClF2O3S/c15-10-3-1-9(2-4-10)13(18)8-21(19,20)14-6-5-11(16)7-12(14)17/h1-7H,8H2. The maximum atomic E-state index is 13.5. The van der Waals surface area contributed by atoms with Crippen LogP contribution >= 0.6 is 11.6 Å². The Bertz CT molecular complexity index is 786. The fourth-order valence-corrected chi connectivity index (χ4v) is 3.12. The fraction of sp³-hybridized carbons (Fsp3) is 0.0714. The number of carbonyl (C=O) groups excluding carboxylic acids is 1. The molecular formula is C14H9ClF2O3S. The number of rotatable bonds is 4. The summed E-state index contributed by atoms with van der Waals surface area (Å²) in [6.07, 6.45) is 0. The maximum Gasteiger partial charge on any atom is 0.188 e. The van der Waals surface area contributed by atoms with Gasteiger partial charge in [-0.2, -0.15) is 0 Å². The van der Waals surface area contributed by atoms with Crippen LogP contribution in [0.4, 0.5) is 8.78 Å². The van der Waals surface area contributed by atoms with E-state index in [1.165, 1.54) is 24.3 Å². The summed E-state index contributed by atoms with van der Waals surface area (Å²) in [6.45, 7) is 0. The average molecular weight is 331 g/mol. The first kappa shape index (κ1) is 15.6. The molecule has 3 nitrogen and oxygen atoms in total. The minimum Gasteiger partial charge on any atom is -0.293 e. The number of ketones is 1. The van der Waals surface area contributed by atoms with Gasteiger partial charge >= 0.3 is 0 Å². The maximum absolute atomic E-state index is 13.5. The van der Waals surface area contributed by atoms with Crippen molar-refractivity contribution in [1.29, 1.82) is 0 Å². The lowest BCUT2D eigenvalue weighted by atomic mass is 10.1. The summed E-state index contributed by atoms with van der Waals surface area (Å²) in [5.41, 5.74) is 0.144. The molecule has 0 heterocycles. The number of benzene rings is 2. The van der Waals surface area contributed by atoms with Gasteiger partial charge in [-0.3, -0.25) is 4.79 Å². The van der Waals surface area contributed by atoms with E-state index in [0.29, 0.717) is 11.1 Å². The van der Waals surface area contributed by atoms with E-state index in [1.807, 2.05) is 0 Å². The Hall–Kier alpha value is -1.79. The van der Waals surface area contributed by atoms with Gasteiger partial charge in [0.25, 0.3) is 0 Å². The van der Waals surface area contributed by atoms with Crippen LogP contribution in [0.1, 0.15) is 10.4 Å². The van der Waals surface area contributed by atoms with E-state index in [4.69, 9.17) is 11.6 Å². The molecule has 2 aromatic rings. The third-order valence-electron chi connectivity index (χ3n) is 2.72. The van der Waals surface area contributed by atoms with Crippen LogP contribution < -0.4 is 0 Å². The van der Waals surface area contributed by atoms with Gasteiger partial charge in [0.2, 0.25) is 0 Å². The van der Waals surface area contributed by atoms with Crippen LogP contribution in [0.15, 0.2) is 47.4 Å². The van der Waals surface area contributed by atoms with E-state index in [1.54, 1.807) is 0 Å². The number of hydrogen-bond donors (Lipinski definition) is 0. The summed E-state index contributed by atoms with van der Waals surface area (Å²) in [6, 6.07) is 7.72. The van der Waals surface area contributed by atoms with Gasteiger partial charge in [-0.05, 0) is 36.4 Å². The van der Waals surface area contributed by atoms with Gasteiger partial charge in [0.15, 0.2) is 15.6 Å². The Labute approximate surface area is 125 Å². The molecule has 0 unspecified atom stereocenters. The van der Waals surface area contributed by atoms with Crippen molar-refractivity contribution in [3.8, 4) is 0 Å². The molecule has 2 aromatic carbocycles. The molecule has 110 valence electrons. The van der Waals surface area contributed by atoms with Crippen LogP contribution in [0.3, 0.4) is 0 Å². The SMILES string of the molecule is O=C(CS(=O)(=O)c1ccc(F)cc1F)c1ccc(Cl)cc1. The van der Waals surface area contributed by atoms with Crippen LogP contribution in [-0.2, 0) is 9.84 Å². The molecule has 0 aliphatic carbocycles. The summed E-state index contributed by atoms with van der Waals surface area (Å²) in [4.78, 5) is 11.2. The molecular weight excluding hydrogens is 322 g/mol. The summed E-state index contributed by atoms with van der Waals surface area (Å²) < 4.78 is 50.3. The largest absolute Gasteiger partial charge is 0.293 e. The normalized spacial score (nSPS) is 11.4. The zero-order valence-corrected chi connectivity index (χ0v) is 12.1. The van der Waals surface area contributed by atoms with Crippen LogP contribution in [0.25, 0.3) is 0 Å². The van der Waals surface area contributed by atoms with Crippen molar-refractivity contribution in [2.24, 2.45) is 0 Å². The van der Waals surface area contributed by atoms with E-state index in [0.717, 1.165) is 12.1 Å². The Morgan fingerprint density at radius 3 is 2.24 bits per heavy atom. The molecule has 0 amide bonds. The number of carbonyl (C=O) groups is 1. The second-order valence-electron chi connectivity index (χ2n) is 4.26. The highest BCUT2D eigenvalue weighted by Crippen LogP contribution is 2.18. The molecule has 0 aromatic heterocycles. The Morgan fingerprint density at radius 2 is 1.67 bits per heavy atom. The minimum absolute atomic E-state index is 0.144. The van der Waals surface area contributed by atoms with Gasteiger partial charge in [0, 0.05) is 16.7 Å².